The molecule has 92 valence electrons. The number of sulfone groups is 1. The van der Waals surface area contributed by atoms with E-state index < -0.39 is 15.9 Å². The number of rotatable bonds is 1. The summed E-state index contributed by atoms with van der Waals surface area (Å²) in [7, 11) is -3.06. The molecule has 1 aromatic carbocycles. The highest BCUT2D eigenvalue weighted by atomic mass is 32.2. The summed E-state index contributed by atoms with van der Waals surface area (Å²) in [5.74, 6) is -0.00727. The average molecular weight is 253 g/mol. The Morgan fingerprint density at radius 1 is 1.12 bits per heavy atom. The highest BCUT2D eigenvalue weighted by Gasteiger charge is 2.41. The minimum atomic E-state index is -3.06. The van der Waals surface area contributed by atoms with E-state index in [0.29, 0.717) is 0 Å². The van der Waals surface area contributed by atoms with Crippen LogP contribution < -0.4 is 0 Å². The summed E-state index contributed by atoms with van der Waals surface area (Å²) in [6, 6.07) is 7.86. The molecule has 0 bridgehead atoms. The topological polar surface area (TPSA) is 57.6 Å². The molecule has 2 heterocycles. The Bertz CT molecular complexity index is 515. The molecule has 4 nitrogen and oxygen atoms in total. The van der Waals surface area contributed by atoms with Crippen molar-refractivity contribution in [2.45, 2.75) is 25.2 Å². The highest BCUT2D eigenvalue weighted by molar-refractivity contribution is 7.91. The van der Waals surface area contributed by atoms with E-state index in [1.165, 1.54) is 11.1 Å². The lowest BCUT2D eigenvalue weighted by Gasteiger charge is -2.24. The molecule has 0 aromatic heterocycles. The highest BCUT2D eigenvalue weighted by Crippen LogP contribution is 2.28. The second-order valence-electron chi connectivity index (χ2n) is 4.89. The van der Waals surface area contributed by atoms with Gasteiger partial charge in [-0.3, -0.25) is 4.90 Å². The fourth-order valence-electron chi connectivity index (χ4n) is 2.75. The van der Waals surface area contributed by atoms with Gasteiger partial charge in [0.05, 0.1) is 23.7 Å². The number of hydrogen-bond acceptors (Lipinski definition) is 4. The fourth-order valence-corrected chi connectivity index (χ4v) is 4.59. The standard InChI is InChI=1S/C12H15NO3S/c14-12-8-17(15,16)7-11(12)13-5-9-3-1-2-4-10(9)6-13/h1-4,11-12,14H,5-8H2/t11-,12-/m1/s1. The quantitative estimate of drug-likeness (QED) is 0.774. The zero-order valence-corrected chi connectivity index (χ0v) is 10.2. The maximum absolute atomic E-state index is 11.5. The van der Waals surface area contributed by atoms with Crippen LogP contribution in [0.5, 0.6) is 0 Å². The smallest absolute Gasteiger partial charge is 0.154 e. The van der Waals surface area contributed by atoms with Crippen LogP contribution in [0.25, 0.3) is 0 Å². The van der Waals surface area contributed by atoms with Crippen molar-refractivity contribution in [2.24, 2.45) is 0 Å². The maximum atomic E-state index is 11.5. The molecule has 0 amide bonds. The van der Waals surface area contributed by atoms with Crippen molar-refractivity contribution < 1.29 is 13.5 Å². The Balaban J connectivity index is 1.82. The van der Waals surface area contributed by atoms with Crippen LogP contribution in [-0.2, 0) is 22.9 Å². The Kier molecular flexibility index (Phi) is 2.50. The molecule has 0 radical (unpaired) electrons. The lowest BCUT2D eigenvalue weighted by Crippen LogP contribution is -2.39. The van der Waals surface area contributed by atoms with Gasteiger partial charge in [-0.15, -0.1) is 0 Å². The number of benzene rings is 1. The molecule has 5 heteroatoms. The second-order valence-corrected chi connectivity index (χ2v) is 7.04. The monoisotopic (exact) mass is 253 g/mol. The Morgan fingerprint density at radius 2 is 1.71 bits per heavy atom. The SMILES string of the molecule is O=S1(=O)C[C@@H](O)[C@H](N2Cc3ccccc3C2)C1. The fraction of sp³-hybridized carbons (Fsp3) is 0.500. The van der Waals surface area contributed by atoms with Gasteiger partial charge < -0.3 is 5.11 Å². The summed E-state index contributed by atoms with van der Waals surface area (Å²) in [5, 5.41) is 9.84. The van der Waals surface area contributed by atoms with Crippen LogP contribution in [0.15, 0.2) is 24.3 Å². The minimum Gasteiger partial charge on any atom is -0.390 e. The summed E-state index contributed by atoms with van der Waals surface area (Å²) >= 11 is 0. The molecule has 17 heavy (non-hydrogen) atoms. The number of hydrogen-bond donors (Lipinski definition) is 1. The summed E-state index contributed by atoms with van der Waals surface area (Å²) in [6.07, 6.45) is -0.741. The van der Waals surface area contributed by atoms with Crippen molar-refractivity contribution in [1.82, 2.24) is 4.90 Å². The molecular formula is C12H15NO3S. The molecular weight excluding hydrogens is 238 g/mol. The predicted molar refractivity (Wildman–Crippen MR) is 64.1 cm³/mol. The molecule has 0 spiro atoms. The van der Waals surface area contributed by atoms with Crippen LogP contribution in [0.4, 0.5) is 0 Å². The van der Waals surface area contributed by atoms with Gasteiger partial charge in [0, 0.05) is 13.1 Å². The first kappa shape index (κ1) is 11.2. The van der Waals surface area contributed by atoms with E-state index in [2.05, 4.69) is 17.0 Å². The zero-order valence-electron chi connectivity index (χ0n) is 9.41. The molecule has 1 aromatic rings. The van der Waals surface area contributed by atoms with E-state index >= 15 is 0 Å². The lowest BCUT2D eigenvalue weighted by atomic mass is 10.1. The van der Waals surface area contributed by atoms with Gasteiger partial charge in [-0.2, -0.15) is 0 Å². The summed E-state index contributed by atoms with van der Waals surface area (Å²) in [5.41, 5.74) is 2.48. The maximum Gasteiger partial charge on any atom is 0.154 e. The van der Waals surface area contributed by atoms with Crippen LogP contribution in [0, 0.1) is 0 Å². The van der Waals surface area contributed by atoms with Crippen molar-refractivity contribution >= 4 is 9.84 Å². The van der Waals surface area contributed by atoms with Gasteiger partial charge in [0.15, 0.2) is 9.84 Å². The van der Waals surface area contributed by atoms with Crippen molar-refractivity contribution in [1.29, 1.82) is 0 Å². The number of fused-ring (bicyclic) bond motifs is 1. The summed E-state index contributed by atoms with van der Waals surface area (Å²) in [6.45, 7) is 1.49. The zero-order chi connectivity index (χ0) is 12.0. The predicted octanol–water partition coefficient (Wildman–Crippen LogP) is 0.160. The van der Waals surface area contributed by atoms with Gasteiger partial charge in [0.2, 0.25) is 0 Å². The van der Waals surface area contributed by atoms with Crippen LogP contribution in [-0.4, -0.2) is 42.1 Å². The van der Waals surface area contributed by atoms with E-state index in [9.17, 15) is 13.5 Å². The summed E-state index contributed by atoms with van der Waals surface area (Å²) < 4.78 is 23.0. The van der Waals surface area contributed by atoms with Crippen molar-refractivity contribution in [2.75, 3.05) is 11.5 Å². The first-order valence-corrected chi connectivity index (χ1v) is 7.57. The molecule has 0 aliphatic carbocycles. The number of nitrogens with zero attached hydrogens (tertiary/aromatic N) is 1. The Hall–Kier alpha value is -0.910. The third-order valence-corrected chi connectivity index (χ3v) is 5.33. The molecule has 2 aliphatic rings. The van der Waals surface area contributed by atoms with Crippen LogP contribution in [0.3, 0.4) is 0 Å². The van der Waals surface area contributed by atoms with Crippen LogP contribution >= 0.6 is 0 Å². The van der Waals surface area contributed by atoms with E-state index in [1.807, 2.05) is 12.1 Å². The van der Waals surface area contributed by atoms with E-state index in [-0.39, 0.29) is 17.5 Å². The Labute approximate surface area is 101 Å². The molecule has 1 fully saturated rings. The van der Waals surface area contributed by atoms with Crippen molar-refractivity contribution in [3.05, 3.63) is 35.4 Å². The normalized spacial score (nSPS) is 31.6. The first-order valence-electron chi connectivity index (χ1n) is 5.74. The Morgan fingerprint density at radius 3 is 2.18 bits per heavy atom. The lowest BCUT2D eigenvalue weighted by molar-refractivity contribution is 0.0816. The minimum absolute atomic E-state index is 0.0855. The molecule has 0 saturated carbocycles. The third-order valence-electron chi connectivity index (χ3n) is 3.63. The van der Waals surface area contributed by atoms with Gasteiger partial charge in [-0.1, -0.05) is 24.3 Å². The van der Waals surface area contributed by atoms with Crippen molar-refractivity contribution in [3.8, 4) is 0 Å². The van der Waals surface area contributed by atoms with E-state index in [4.69, 9.17) is 0 Å². The summed E-state index contributed by atoms with van der Waals surface area (Å²) in [4.78, 5) is 2.07. The van der Waals surface area contributed by atoms with Crippen molar-refractivity contribution in [3.63, 3.8) is 0 Å². The van der Waals surface area contributed by atoms with Crippen LogP contribution in [0.2, 0.25) is 0 Å². The van der Waals surface area contributed by atoms with Gasteiger partial charge >= 0.3 is 0 Å². The third kappa shape index (κ3) is 1.99. The van der Waals surface area contributed by atoms with Gasteiger partial charge in [-0.25, -0.2) is 8.42 Å². The molecule has 1 saturated heterocycles. The van der Waals surface area contributed by atoms with Crippen LogP contribution in [0.1, 0.15) is 11.1 Å². The molecule has 2 aliphatic heterocycles. The number of aliphatic hydroxyl groups excluding tert-OH is 1. The average Bonchev–Trinajstić information content (AvgIpc) is 2.78. The molecule has 2 atom stereocenters. The van der Waals surface area contributed by atoms with Gasteiger partial charge in [-0.05, 0) is 11.1 Å². The largest absolute Gasteiger partial charge is 0.390 e. The first-order chi connectivity index (χ1) is 8.05. The van der Waals surface area contributed by atoms with E-state index in [0.717, 1.165) is 13.1 Å². The van der Waals surface area contributed by atoms with Gasteiger partial charge in [0.1, 0.15) is 0 Å². The second kappa shape index (κ2) is 3.80. The van der Waals surface area contributed by atoms with Gasteiger partial charge in [0.25, 0.3) is 0 Å². The molecule has 1 N–H and O–H groups in total. The molecule has 3 rings (SSSR count). The van der Waals surface area contributed by atoms with E-state index in [1.54, 1.807) is 0 Å². The number of aliphatic hydroxyl groups is 1. The molecule has 0 unspecified atom stereocenters.